The third kappa shape index (κ3) is 2.46. The molecule has 7 heteroatoms. The molecule has 2 aliphatic heterocycles. The van der Waals surface area contributed by atoms with Crippen molar-refractivity contribution in [3.8, 4) is 0 Å². The van der Waals surface area contributed by atoms with E-state index in [9.17, 15) is 13.2 Å². The van der Waals surface area contributed by atoms with Gasteiger partial charge >= 0.3 is 0 Å². The van der Waals surface area contributed by atoms with Crippen LogP contribution in [0, 0.1) is 0 Å². The zero-order valence-corrected chi connectivity index (χ0v) is 16.5. The number of nitrogens with zero attached hydrogens (tertiary/aromatic N) is 1. The summed E-state index contributed by atoms with van der Waals surface area (Å²) in [5.74, 6) is -0.178. The van der Waals surface area contributed by atoms with E-state index in [1.165, 1.54) is 10.4 Å². The molecule has 136 valence electrons. The van der Waals surface area contributed by atoms with Crippen LogP contribution in [0.1, 0.15) is 17.3 Å². The maximum Gasteiger partial charge on any atom is 0.244 e. The number of halogens is 1. The van der Waals surface area contributed by atoms with Crippen molar-refractivity contribution < 1.29 is 13.2 Å². The zero-order valence-electron chi connectivity index (χ0n) is 14.1. The summed E-state index contributed by atoms with van der Waals surface area (Å²) < 4.78 is 28.9. The molecule has 0 saturated carbocycles. The topological polar surface area (TPSA) is 70.2 Å². The number of sulfonamides is 1. The van der Waals surface area contributed by atoms with Crippen LogP contribution < -0.4 is 0 Å². The SMILES string of the molecule is O=C1C=C[C@@H]2c3[nH]c4ccccc4c3C[C@@H]1N2S(=O)(=O)c1ccc(Br)cc1. The van der Waals surface area contributed by atoms with Gasteiger partial charge < -0.3 is 4.98 Å². The standard InChI is InChI=1S/C20H15BrN2O3S/c21-12-5-7-13(8-6-12)27(25,26)23-17-9-10-19(24)18(23)11-15-14-3-1-2-4-16(14)22-20(15)17/h1-10,17-18,22H,11H2/t17-,18+/m1/s1. The minimum absolute atomic E-state index is 0.178. The average Bonchev–Trinajstić information content (AvgIpc) is 3.03. The molecule has 2 aliphatic rings. The zero-order chi connectivity index (χ0) is 18.8. The second kappa shape index (κ2) is 5.89. The second-order valence-electron chi connectivity index (χ2n) is 6.78. The van der Waals surface area contributed by atoms with E-state index in [1.54, 1.807) is 30.3 Å². The lowest BCUT2D eigenvalue weighted by Gasteiger charge is -2.40. The highest BCUT2D eigenvalue weighted by Crippen LogP contribution is 2.43. The maximum atomic E-state index is 13.4. The minimum atomic E-state index is -3.83. The van der Waals surface area contributed by atoms with Crippen molar-refractivity contribution >= 4 is 42.6 Å². The lowest BCUT2D eigenvalue weighted by molar-refractivity contribution is -0.119. The Morgan fingerprint density at radius 3 is 2.59 bits per heavy atom. The van der Waals surface area contributed by atoms with Crippen molar-refractivity contribution in [2.24, 2.45) is 0 Å². The highest BCUT2D eigenvalue weighted by Gasteiger charge is 2.47. The van der Waals surface area contributed by atoms with Crippen molar-refractivity contribution in [1.82, 2.24) is 9.29 Å². The van der Waals surface area contributed by atoms with E-state index in [0.29, 0.717) is 6.42 Å². The minimum Gasteiger partial charge on any atom is -0.357 e. The van der Waals surface area contributed by atoms with Gasteiger partial charge in [-0.2, -0.15) is 4.31 Å². The number of hydrogen-bond acceptors (Lipinski definition) is 3. The first kappa shape index (κ1) is 16.9. The van der Waals surface area contributed by atoms with Gasteiger partial charge in [0.05, 0.1) is 17.0 Å². The quantitative estimate of drug-likeness (QED) is 0.657. The predicted octanol–water partition coefficient (Wildman–Crippen LogP) is 3.73. The Balaban J connectivity index is 1.71. The molecule has 0 spiro atoms. The van der Waals surface area contributed by atoms with Gasteiger partial charge in [-0.25, -0.2) is 8.42 Å². The fourth-order valence-electron chi connectivity index (χ4n) is 4.05. The van der Waals surface area contributed by atoms with Gasteiger partial charge in [0, 0.05) is 21.1 Å². The van der Waals surface area contributed by atoms with E-state index in [2.05, 4.69) is 20.9 Å². The van der Waals surface area contributed by atoms with Crippen LogP contribution in [0.4, 0.5) is 0 Å². The van der Waals surface area contributed by atoms with Crippen molar-refractivity contribution in [2.45, 2.75) is 23.4 Å². The number of aromatic amines is 1. The summed E-state index contributed by atoms with van der Waals surface area (Å²) >= 11 is 3.33. The Kier molecular flexibility index (Phi) is 3.69. The van der Waals surface area contributed by atoms with Gasteiger partial charge in [-0.3, -0.25) is 4.79 Å². The molecule has 1 N–H and O–H groups in total. The van der Waals surface area contributed by atoms with Gasteiger partial charge in [0.1, 0.15) is 0 Å². The fraction of sp³-hybridized carbons (Fsp3) is 0.150. The normalized spacial score (nSPS) is 22.2. The monoisotopic (exact) mass is 442 g/mol. The van der Waals surface area contributed by atoms with Crippen molar-refractivity contribution in [2.75, 3.05) is 0 Å². The van der Waals surface area contributed by atoms with Crippen LogP contribution in [0.15, 0.2) is 70.1 Å². The molecule has 5 nitrogen and oxygen atoms in total. The Morgan fingerprint density at radius 1 is 1.07 bits per heavy atom. The van der Waals surface area contributed by atoms with Gasteiger partial charge in [-0.05, 0) is 48.4 Å². The summed E-state index contributed by atoms with van der Waals surface area (Å²) in [6, 6.07) is 13.1. The lowest BCUT2D eigenvalue weighted by Crippen LogP contribution is -2.52. The molecule has 0 radical (unpaired) electrons. The number of benzene rings is 2. The van der Waals surface area contributed by atoms with Crippen LogP contribution in [-0.2, 0) is 21.2 Å². The second-order valence-corrected chi connectivity index (χ2v) is 9.54. The lowest BCUT2D eigenvalue weighted by atomic mass is 9.88. The van der Waals surface area contributed by atoms with Crippen LogP contribution in [-0.4, -0.2) is 29.5 Å². The van der Waals surface area contributed by atoms with Gasteiger partial charge in [-0.1, -0.05) is 40.2 Å². The average molecular weight is 443 g/mol. The fourth-order valence-corrected chi connectivity index (χ4v) is 6.02. The molecule has 2 aromatic carbocycles. The summed E-state index contributed by atoms with van der Waals surface area (Å²) in [6.45, 7) is 0. The first-order valence-corrected chi connectivity index (χ1v) is 10.8. The van der Waals surface area contributed by atoms with Gasteiger partial charge in [-0.15, -0.1) is 0 Å². The molecule has 0 fully saturated rings. The van der Waals surface area contributed by atoms with Gasteiger partial charge in [0.2, 0.25) is 10.0 Å². The molecule has 27 heavy (non-hydrogen) atoms. The number of ketones is 1. The number of nitrogens with one attached hydrogen (secondary N) is 1. The van der Waals surface area contributed by atoms with Gasteiger partial charge in [0.15, 0.2) is 5.78 Å². The Morgan fingerprint density at radius 2 is 1.81 bits per heavy atom. The van der Waals surface area contributed by atoms with Crippen molar-refractivity contribution in [3.63, 3.8) is 0 Å². The highest BCUT2D eigenvalue weighted by molar-refractivity contribution is 9.10. The molecule has 0 amide bonds. The largest absolute Gasteiger partial charge is 0.357 e. The molecular formula is C20H15BrN2O3S. The summed E-state index contributed by atoms with van der Waals surface area (Å²) in [4.78, 5) is 16.2. The van der Waals surface area contributed by atoms with Crippen LogP contribution in [0.5, 0.6) is 0 Å². The number of aromatic nitrogens is 1. The number of rotatable bonds is 2. The van der Waals surface area contributed by atoms with E-state index in [-0.39, 0.29) is 10.7 Å². The first-order valence-electron chi connectivity index (χ1n) is 8.57. The van der Waals surface area contributed by atoms with E-state index in [4.69, 9.17) is 0 Å². The molecule has 3 heterocycles. The van der Waals surface area contributed by atoms with Crippen molar-refractivity contribution in [1.29, 1.82) is 0 Å². The van der Waals surface area contributed by atoms with E-state index in [1.807, 2.05) is 24.3 Å². The Bertz CT molecular complexity index is 1210. The Labute approximate surface area is 164 Å². The third-order valence-corrected chi connectivity index (χ3v) is 7.71. The van der Waals surface area contributed by atoms with Crippen molar-refractivity contribution in [3.05, 3.63) is 76.4 Å². The molecular weight excluding hydrogens is 428 g/mol. The van der Waals surface area contributed by atoms with Gasteiger partial charge in [0.25, 0.3) is 0 Å². The number of carbonyl (C=O) groups is 1. The number of H-pyrrole nitrogens is 1. The first-order chi connectivity index (χ1) is 13.0. The highest BCUT2D eigenvalue weighted by atomic mass is 79.9. The van der Waals surface area contributed by atoms with Crippen LogP contribution in [0.2, 0.25) is 0 Å². The van der Waals surface area contributed by atoms with E-state index < -0.39 is 22.1 Å². The number of hydrogen-bond donors (Lipinski definition) is 1. The molecule has 0 saturated heterocycles. The summed E-state index contributed by atoms with van der Waals surface area (Å²) in [7, 11) is -3.83. The molecule has 2 bridgehead atoms. The number of fused-ring (bicyclic) bond motifs is 6. The number of para-hydroxylation sites is 1. The summed E-state index contributed by atoms with van der Waals surface area (Å²) in [6.07, 6.45) is 3.56. The molecule has 3 aromatic rings. The molecule has 0 unspecified atom stereocenters. The number of carbonyl (C=O) groups excluding carboxylic acids is 1. The van der Waals surface area contributed by atoms with E-state index >= 15 is 0 Å². The molecule has 0 aliphatic carbocycles. The maximum absolute atomic E-state index is 13.4. The van der Waals surface area contributed by atoms with Crippen LogP contribution >= 0.6 is 15.9 Å². The van der Waals surface area contributed by atoms with E-state index in [0.717, 1.165) is 26.6 Å². The molecule has 1 aromatic heterocycles. The van der Waals surface area contributed by atoms with Crippen LogP contribution in [0.25, 0.3) is 10.9 Å². The summed E-state index contributed by atoms with van der Waals surface area (Å²) in [5.41, 5.74) is 2.83. The van der Waals surface area contributed by atoms with Crippen LogP contribution in [0.3, 0.4) is 0 Å². The third-order valence-electron chi connectivity index (χ3n) is 5.28. The predicted molar refractivity (Wildman–Crippen MR) is 106 cm³/mol. The smallest absolute Gasteiger partial charge is 0.244 e. The molecule has 2 atom stereocenters. The summed E-state index contributed by atoms with van der Waals surface area (Å²) in [5, 5.41) is 1.05. The Hall–Kier alpha value is -2.22. The molecule has 5 rings (SSSR count).